The number of nitrogens with zero attached hydrogens (tertiary/aromatic N) is 5. The molecule has 212 valence electrons. The monoisotopic (exact) mass is 570 g/mol. The number of aromatic nitrogens is 4. The summed E-state index contributed by atoms with van der Waals surface area (Å²) in [5, 5.41) is 11.4. The van der Waals surface area contributed by atoms with Gasteiger partial charge in [0.25, 0.3) is 11.5 Å². The maximum absolute atomic E-state index is 14.4. The van der Waals surface area contributed by atoms with E-state index in [1.807, 2.05) is 0 Å². The fraction of sp³-hybridized carbons (Fsp3) is 0.357. The van der Waals surface area contributed by atoms with Crippen LogP contribution in [0.5, 0.6) is 0 Å². The summed E-state index contributed by atoms with van der Waals surface area (Å²) in [5.74, 6) is -2.83. The van der Waals surface area contributed by atoms with Crippen molar-refractivity contribution in [2.75, 3.05) is 23.3 Å². The highest BCUT2D eigenvalue weighted by molar-refractivity contribution is 6.08. The van der Waals surface area contributed by atoms with Crippen molar-refractivity contribution >= 4 is 28.2 Å². The highest BCUT2D eigenvalue weighted by Gasteiger charge is 2.65. The molecule has 4 aromatic rings. The molecule has 1 amide bonds. The Labute approximate surface area is 229 Å². The van der Waals surface area contributed by atoms with Gasteiger partial charge in [0.1, 0.15) is 11.4 Å². The smallest absolute Gasteiger partial charge is 0.369 e. The largest absolute Gasteiger partial charge is 0.413 e. The predicted molar refractivity (Wildman–Crippen MR) is 139 cm³/mol. The Kier molecular flexibility index (Phi) is 5.39. The summed E-state index contributed by atoms with van der Waals surface area (Å²) in [4.78, 5) is 27.8. The molecule has 1 N–H and O–H groups in total. The van der Waals surface area contributed by atoms with Crippen molar-refractivity contribution < 1.29 is 26.7 Å². The van der Waals surface area contributed by atoms with Crippen molar-refractivity contribution in [1.82, 2.24) is 19.6 Å². The second kappa shape index (κ2) is 8.60. The van der Waals surface area contributed by atoms with Crippen LogP contribution >= 0.6 is 0 Å². The first-order valence-corrected chi connectivity index (χ1v) is 13.2. The van der Waals surface area contributed by atoms with Crippen LogP contribution in [-0.4, -0.2) is 44.7 Å². The molecule has 0 bridgehead atoms. The Hall–Kier alpha value is -4.29. The molecule has 0 atom stereocenters. The third kappa shape index (κ3) is 4.08. The topological polar surface area (TPSA) is 85.0 Å². The van der Waals surface area contributed by atoms with Gasteiger partial charge in [-0.05, 0) is 67.9 Å². The van der Waals surface area contributed by atoms with Crippen LogP contribution in [0.25, 0.3) is 16.6 Å². The summed E-state index contributed by atoms with van der Waals surface area (Å²) in [5.41, 5.74) is -2.46. The molecule has 2 aromatic heterocycles. The van der Waals surface area contributed by atoms with E-state index in [0.29, 0.717) is 40.0 Å². The fourth-order valence-electron chi connectivity index (χ4n) is 5.78. The van der Waals surface area contributed by atoms with Crippen LogP contribution in [0.2, 0.25) is 0 Å². The number of alkyl halides is 3. The quantitative estimate of drug-likeness (QED) is 0.336. The van der Waals surface area contributed by atoms with Crippen molar-refractivity contribution in [3.63, 3.8) is 0 Å². The number of carbonyl (C=O) groups is 1. The number of amides is 1. The Morgan fingerprint density at radius 3 is 2.27 bits per heavy atom. The lowest BCUT2D eigenvalue weighted by Gasteiger charge is -2.23. The average Bonchev–Trinajstić information content (AvgIpc) is 3.80. The van der Waals surface area contributed by atoms with Crippen molar-refractivity contribution in [3.8, 4) is 5.69 Å². The van der Waals surface area contributed by atoms with Crippen molar-refractivity contribution in [2.45, 2.75) is 43.8 Å². The van der Waals surface area contributed by atoms with Gasteiger partial charge in [0.15, 0.2) is 17.2 Å². The molecule has 0 radical (unpaired) electrons. The molecule has 1 spiro atoms. The molecule has 13 heteroatoms. The van der Waals surface area contributed by atoms with Gasteiger partial charge in [-0.15, -0.1) is 0 Å². The minimum atomic E-state index is -4.45. The lowest BCUT2D eigenvalue weighted by molar-refractivity contribution is -0.182. The van der Waals surface area contributed by atoms with Gasteiger partial charge >= 0.3 is 6.18 Å². The summed E-state index contributed by atoms with van der Waals surface area (Å²) in [6.07, 6.45) is -0.105. The van der Waals surface area contributed by atoms with Crippen LogP contribution in [0.3, 0.4) is 0 Å². The highest BCUT2D eigenvalue weighted by Crippen LogP contribution is 2.57. The van der Waals surface area contributed by atoms with Gasteiger partial charge < -0.3 is 10.2 Å². The van der Waals surface area contributed by atoms with Crippen LogP contribution in [0.15, 0.2) is 53.5 Å². The number of hydrogen-bond donors (Lipinski definition) is 1. The van der Waals surface area contributed by atoms with E-state index in [1.54, 1.807) is 12.1 Å². The van der Waals surface area contributed by atoms with E-state index in [4.69, 9.17) is 0 Å². The molecule has 1 saturated heterocycles. The van der Waals surface area contributed by atoms with Gasteiger partial charge in [-0.2, -0.15) is 28.1 Å². The highest BCUT2D eigenvalue weighted by atomic mass is 19.4. The number of fused-ring (bicyclic) bond motifs is 1. The molecule has 1 aliphatic heterocycles. The van der Waals surface area contributed by atoms with Crippen LogP contribution in [0.1, 0.15) is 42.6 Å². The van der Waals surface area contributed by atoms with Gasteiger partial charge in [0.05, 0.1) is 16.9 Å². The zero-order valence-electron chi connectivity index (χ0n) is 21.5. The van der Waals surface area contributed by atoms with E-state index in [-0.39, 0.29) is 24.0 Å². The van der Waals surface area contributed by atoms with E-state index in [9.17, 15) is 31.5 Å². The Morgan fingerprint density at radius 1 is 0.902 bits per heavy atom. The molecule has 3 heterocycles. The number of rotatable bonds is 5. The van der Waals surface area contributed by atoms with Crippen LogP contribution in [-0.2, 0) is 5.54 Å². The second-order valence-corrected chi connectivity index (χ2v) is 11.2. The van der Waals surface area contributed by atoms with Gasteiger partial charge in [-0.1, -0.05) is 6.07 Å². The first kappa shape index (κ1) is 25.7. The van der Waals surface area contributed by atoms with Crippen LogP contribution in [0.4, 0.5) is 33.3 Å². The van der Waals surface area contributed by atoms with E-state index in [1.165, 1.54) is 6.20 Å². The minimum absolute atomic E-state index is 0.0553. The normalized spacial score (nSPS) is 18.7. The maximum atomic E-state index is 14.4. The van der Waals surface area contributed by atoms with E-state index in [2.05, 4.69) is 20.4 Å². The van der Waals surface area contributed by atoms with E-state index >= 15 is 0 Å². The third-order valence-electron chi connectivity index (χ3n) is 8.49. The number of para-hydroxylation sites is 1. The number of hydrogen-bond acceptors (Lipinski definition) is 5. The molecular weight excluding hydrogens is 547 g/mol. The summed E-state index contributed by atoms with van der Waals surface area (Å²) in [6, 6.07) is 8.31. The van der Waals surface area contributed by atoms with E-state index in [0.717, 1.165) is 54.3 Å². The molecule has 8 nitrogen and oxygen atoms in total. The first-order valence-electron chi connectivity index (χ1n) is 13.2. The Balaban J connectivity index is 1.29. The molecule has 7 rings (SSSR count). The third-order valence-corrected chi connectivity index (χ3v) is 8.49. The van der Waals surface area contributed by atoms with Gasteiger partial charge in [-0.3, -0.25) is 14.3 Å². The molecule has 3 fully saturated rings. The molecular formula is C28H23F5N6O2. The summed E-state index contributed by atoms with van der Waals surface area (Å²) in [7, 11) is 0. The summed E-state index contributed by atoms with van der Waals surface area (Å²) in [6.45, 7) is 1.35. The average molecular weight is 571 g/mol. The van der Waals surface area contributed by atoms with Crippen molar-refractivity contribution in [1.29, 1.82) is 0 Å². The lowest BCUT2D eigenvalue weighted by atomic mass is 10.1. The van der Waals surface area contributed by atoms with Gasteiger partial charge in [0, 0.05) is 30.7 Å². The van der Waals surface area contributed by atoms with Crippen LogP contribution in [0, 0.1) is 17.0 Å². The fourth-order valence-corrected chi connectivity index (χ4v) is 5.78. The van der Waals surface area contributed by atoms with Crippen molar-refractivity contribution in [2.24, 2.45) is 5.41 Å². The minimum Gasteiger partial charge on any atom is -0.369 e. The molecule has 2 saturated carbocycles. The maximum Gasteiger partial charge on any atom is 0.413 e. The predicted octanol–water partition coefficient (Wildman–Crippen LogP) is 5.15. The second-order valence-electron chi connectivity index (χ2n) is 11.2. The Morgan fingerprint density at radius 2 is 1.63 bits per heavy atom. The number of anilines is 2. The lowest BCUT2D eigenvalue weighted by Crippen LogP contribution is -2.35. The van der Waals surface area contributed by atoms with E-state index < -0.39 is 40.5 Å². The first-order chi connectivity index (χ1) is 19.5. The van der Waals surface area contributed by atoms with Crippen LogP contribution < -0.4 is 15.8 Å². The zero-order chi connectivity index (χ0) is 28.7. The van der Waals surface area contributed by atoms with Crippen molar-refractivity contribution in [3.05, 3.63) is 76.3 Å². The standard InChI is InChI=1S/C28H23F5N6O2/c29-17-2-1-3-18(30)24(17)39-22(40)7-6-21(36-39)25(41)34-20-5-4-19-16(23(20)37-13-12-26(15-37)8-9-26)14-38(35-19)27(10-11-27)28(31,32)33/h1-7,14H,8-13,15H2,(H,34,41). The number of nitrogens with one attached hydrogen (secondary N) is 1. The molecule has 41 heavy (non-hydrogen) atoms. The number of carbonyl (C=O) groups excluding carboxylic acids is 1. The zero-order valence-corrected chi connectivity index (χ0v) is 21.5. The number of benzene rings is 2. The summed E-state index contributed by atoms with van der Waals surface area (Å²) < 4.78 is 71.9. The number of halogens is 5. The Bertz CT molecular complexity index is 1770. The SMILES string of the molecule is O=C(Nc1ccc2nn(C3(C(F)(F)F)CC3)cc2c1N1CCC2(CC2)C1)c1ccc(=O)n(-c2c(F)cccc2F)n1. The molecule has 2 aromatic carbocycles. The molecule has 0 unspecified atom stereocenters. The molecule has 3 aliphatic rings. The molecule has 2 aliphatic carbocycles. The van der Waals surface area contributed by atoms with Gasteiger partial charge in [-0.25, -0.2) is 8.78 Å². The summed E-state index contributed by atoms with van der Waals surface area (Å²) >= 11 is 0. The van der Waals surface area contributed by atoms with Gasteiger partial charge in [0.2, 0.25) is 0 Å².